The van der Waals surface area contributed by atoms with E-state index in [0.29, 0.717) is 0 Å². The minimum absolute atomic E-state index is 0.138. The summed E-state index contributed by atoms with van der Waals surface area (Å²) >= 11 is 0. The fraction of sp³-hybridized carbons (Fsp3) is 0.500. The molecular weight excluding hydrogens is 639 g/mol. The van der Waals surface area contributed by atoms with Crippen molar-refractivity contribution in [2.24, 2.45) is 0 Å². The Labute approximate surface area is 274 Å². The van der Waals surface area contributed by atoms with Gasteiger partial charge in [-0.05, 0) is 44.9 Å². The minimum atomic E-state index is -4.32. The first kappa shape index (κ1) is 38.1. The van der Waals surface area contributed by atoms with Crippen LogP contribution in [-0.4, -0.2) is 81.0 Å². The second kappa shape index (κ2) is 19.5. The van der Waals surface area contributed by atoms with Crippen LogP contribution in [0, 0.1) is 0 Å². The number of hydrogen-bond donors (Lipinski definition) is 1. The number of carbonyl (C=O) groups is 2. The molecule has 2 aromatic carbocycles. The standard InChI is InChI=1S/C32H43O14P/c1-22(2)44-31(34)40-20-42-47(36,43-21-41-32(35)45-23(3)4)17-16-26-27(33)28(38-18-24-12-8-6-9-13-24)29(30(37-5)46-26)39-19-25-14-10-7-11-15-25/h6-17,22-23,26-30,33H,18-21H2,1-5H3/b17-16+. The minimum Gasteiger partial charge on any atom is -0.432 e. The highest BCUT2D eigenvalue weighted by molar-refractivity contribution is 7.57. The molecule has 0 radical (unpaired) electrons. The largest absolute Gasteiger partial charge is 0.510 e. The molecule has 0 aromatic heterocycles. The van der Waals surface area contributed by atoms with Crippen LogP contribution in [0.5, 0.6) is 0 Å². The summed E-state index contributed by atoms with van der Waals surface area (Å²) in [6.07, 6.45) is -7.25. The fourth-order valence-electron chi connectivity index (χ4n) is 4.16. The van der Waals surface area contributed by atoms with Gasteiger partial charge in [0.1, 0.15) is 24.4 Å². The van der Waals surface area contributed by atoms with E-state index in [2.05, 4.69) is 0 Å². The van der Waals surface area contributed by atoms with E-state index in [1.165, 1.54) is 13.2 Å². The molecule has 14 nitrogen and oxygen atoms in total. The van der Waals surface area contributed by atoms with Crippen LogP contribution >= 0.6 is 7.60 Å². The molecule has 260 valence electrons. The molecule has 0 bridgehead atoms. The maximum atomic E-state index is 13.6. The predicted molar refractivity (Wildman–Crippen MR) is 166 cm³/mol. The highest BCUT2D eigenvalue weighted by atomic mass is 31.2. The van der Waals surface area contributed by atoms with Gasteiger partial charge < -0.3 is 43.0 Å². The van der Waals surface area contributed by atoms with Crippen molar-refractivity contribution in [2.45, 2.75) is 83.8 Å². The molecule has 0 spiro atoms. The molecule has 1 aliphatic heterocycles. The number of rotatable bonds is 17. The number of benzene rings is 2. The molecule has 0 aliphatic carbocycles. The molecule has 1 N–H and O–H groups in total. The van der Waals surface area contributed by atoms with Gasteiger partial charge in [-0.25, -0.2) is 9.59 Å². The molecule has 0 saturated carbocycles. The third-order valence-corrected chi connectivity index (χ3v) is 7.77. The van der Waals surface area contributed by atoms with Gasteiger partial charge in [-0.3, -0.25) is 13.6 Å². The molecule has 47 heavy (non-hydrogen) atoms. The third-order valence-electron chi connectivity index (χ3n) is 6.30. The van der Waals surface area contributed by atoms with Crippen molar-refractivity contribution in [1.29, 1.82) is 0 Å². The summed E-state index contributed by atoms with van der Waals surface area (Å²) in [7, 11) is -2.91. The van der Waals surface area contributed by atoms with Gasteiger partial charge in [0.15, 0.2) is 6.29 Å². The van der Waals surface area contributed by atoms with Crippen LogP contribution in [0.2, 0.25) is 0 Å². The monoisotopic (exact) mass is 682 g/mol. The van der Waals surface area contributed by atoms with Crippen LogP contribution in [0.15, 0.2) is 72.6 Å². The van der Waals surface area contributed by atoms with E-state index >= 15 is 0 Å². The number of methoxy groups -OCH3 is 1. The van der Waals surface area contributed by atoms with Crippen molar-refractivity contribution in [1.82, 2.24) is 0 Å². The molecule has 0 amide bonds. The molecule has 15 heteroatoms. The van der Waals surface area contributed by atoms with E-state index in [9.17, 15) is 19.3 Å². The Kier molecular flexibility index (Phi) is 15.8. The number of aliphatic hydroxyl groups is 1. The van der Waals surface area contributed by atoms with E-state index in [1.54, 1.807) is 27.7 Å². The Bertz CT molecular complexity index is 1260. The van der Waals surface area contributed by atoms with Crippen molar-refractivity contribution in [2.75, 3.05) is 20.7 Å². The van der Waals surface area contributed by atoms with Crippen LogP contribution in [0.1, 0.15) is 38.8 Å². The Morgan fingerprint density at radius 2 is 1.28 bits per heavy atom. The zero-order valence-electron chi connectivity index (χ0n) is 27.0. The van der Waals surface area contributed by atoms with E-state index in [4.69, 9.17) is 46.9 Å². The first-order valence-corrected chi connectivity index (χ1v) is 16.5. The Morgan fingerprint density at radius 1 is 0.809 bits per heavy atom. The lowest BCUT2D eigenvalue weighted by Crippen LogP contribution is -2.59. The third kappa shape index (κ3) is 13.4. The fourth-order valence-corrected chi connectivity index (χ4v) is 5.19. The lowest BCUT2D eigenvalue weighted by molar-refractivity contribution is -0.301. The van der Waals surface area contributed by atoms with Gasteiger partial charge in [0.05, 0.1) is 25.4 Å². The SMILES string of the molecule is COC1OC(/C=C/P(=O)(OCOC(=O)OC(C)C)OCOC(=O)OC(C)C)C(O)C(OCc2ccccc2)C1OCc1ccccc1. The van der Waals surface area contributed by atoms with Gasteiger partial charge in [-0.1, -0.05) is 60.7 Å². The lowest BCUT2D eigenvalue weighted by atomic mass is 9.98. The van der Waals surface area contributed by atoms with Crippen molar-refractivity contribution in [3.05, 3.63) is 83.7 Å². The molecule has 5 unspecified atom stereocenters. The first-order valence-electron chi connectivity index (χ1n) is 14.9. The van der Waals surface area contributed by atoms with Crippen LogP contribution in [0.3, 0.4) is 0 Å². The summed E-state index contributed by atoms with van der Waals surface area (Å²) in [6, 6.07) is 18.8. The summed E-state index contributed by atoms with van der Waals surface area (Å²) in [5.74, 6) is 0.974. The van der Waals surface area contributed by atoms with E-state index in [1.807, 2.05) is 60.7 Å². The highest BCUT2D eigenvalue weighted by Crippen LogP contribution is 2.50. The molecular formula is C32H43O14P. The first-order chi connectivity index (χ1) is 22.5. The predicted octanol–water partition coefficient (Wildman–Crippen LogP) is 5.67. The van der Waals surface area contributed by atoms with Crippen LogP contribution in [0.4, 0.5) is 9.59 Å². The maximum absolute atomic E-state index is 13.6. The summed E-state index contributed by atoms with van der Waals surface area (Å²) in [4.78, 5) is 23.6. The van der Waals surface area contributed by atoms with Gasteiger partial charge in [0.2, 0.25) is 13.6 Å². The Balaban J connectivity index is 1.79. The van der Waals surface area contributed by atoms with Crippen molar-refractivity contribution in [3.63, 3.8) is 0 Å². The maximum Gasteiger partial charge on any atom is 0.510 e. The van der Waals surface area contributed by atoms with Gasteiger partial charge in [0.25, 0.3) is 0 Å². The average molecular weight is 683 g/mol. The highest BCUT2D eigenvalue weighted by Gasteiger charge is 2.46. The topological polar surface area (TPSA) is 164 Å². The summed E-state index contributed by atoms with van der Waals surface area (Å²) in [5, 5.41) is 11.5. The van der Waals surface area contributed by atoms with Crippen molar-refractivity contribution < 1.29 is 66.2 Å². The van der Waals surface area contributed by atoms with E-state index in [0.717, 1.165) is 16.9 Å². The van der Waals surface area contributed by atoms with E-state index in [-0.39, 0.29) is 13.2 Å². The van der Waals surface area contributed by atoms with Crippen LogP contribution in [-0.2, 0) is 64.7 Å². The zero-order valence-corrected chi connectivity index (χ0v) is 27.9. The zero-order chi connectivity index (χ0) is 34.2. The second-order valence-corrected chi connectivity index (χ2v) is 12.6. The molecule has 1 aliphatic rings. The summed E-state index contributed by atoms with van der Waals surface area (Å²) < 4.78 is 67.3. The van der Waals surface area contributed by atoms with Crippen LogP contribution < -0.4 is 0 Å². The molecule has 5 atom stereocenters. The number of hydrogen-bond acceptors (Lipinski definition) is 14. The Morgan fingerprint density at radius 3 is 1.72 bits per heavy atom. The smallest absolute Gasteiger partial charge is 0.432 e. The lowest BCUT2D eigenvalue weighted by Gasteiger charge is -2.43. The number of carbonyl (C=O) groups excluding carboxylic acids is 2. The van der Waals surface area contributed by atoms with Crippen molar-refractivity contribution >= 4 is 19.9 Å². The number of aliphatic hydroxyl groups excluding tert-OH is 1. The van der Waals surface area contributed by atoms with Gasteiger partial charge >= 0.3 is 19.9 Å². The average Bonchev–Trinajstić information content (AvgIpc) is 3.03. The molecule has 1 heterocycles. The van der Waals surface area contributed by atoms with Gasteiger partial charge in [-0.2, -0.15) is 0 Å². The quantitative estimate of drug-likeness (QED) is 0.123. The van der Waals surface area contributed by atoms with Gasteiger partial charge in [-0.15, -0.1) is 0 Å². The summed E-state index contributed by atoms with van der Waals surface area (Å²) in [5.41, 5.74) is 1.74. The number of ether oxygens (including phenoxy) is 8. The van der Waals surface area contributed by atoms with Crippen molar-refractivity contribution in [3.8, 4) is 0 Å². The van der Waals surface area contributed by atoms with Gasteiger partial charge in [0, 0.05) is 12.9 Å². The molecule has 1 saturated heterocycles. The van der Waals surface area contributed by atoms with E-state index < -0.39 is 76.4 Å². The Hall–Kier alpha value is -3.33. The normalized spacial score (nSPS) is 21.6. The summed E-state index contributed by atoms with van der Waals surface area (Å²) in [6.45, 7) is 5.11. The second-order valence-electron chi connectivity index (χ2n) is 10.7. The van der Waals surface area contributed by atoms with Crippen LogP contribution in [0.25, 0.3) is 0 Å². The molecule has 2 aromatic rings. The molecule has 1 fully saturated rings. The molecule has 3 rings (SSSR count).